The Balaban J connectivity index is 1.65. The van der Waals surface area contributed by atoms with Crippen molar-refractivity contribution in [3.63, 3.8) is 0 Å². The van der Waals surface area contributed by atoms with Gasteiger partial charge >= 0.3 is 0 Å². The number of thioether (sulfide) groups is 1. The first-order chi connectivity index (χ1) is 12.0. The molecule has 3 rings (SSSR count). The second-order valence-corrected chi connectivity index (χ2v) is 7.51. The summed E-state index contributed by atoms with van der Waals surface area (Å²) in [6, 6.07) is 14.9. The van der Waals surface area contributed by atoms with Crippen molar-refractivity contribution in [2.75, 3.05) is 5.32 Å². The largest absolute Gasteiger partial charge is 0.333 e. The minimum atomic E-state index is -0.346. The van der Waals surface area contributed by atoms with Crippen LogP contribution in [0.2, 0.25) is 10.0 Å². The van der Waals surface area contributed by atoms with E-state index in [1.54, 1.807) is 24.4 Å². The highest BCUT2D eigenvalue weighted by Crippen LogP contribution is 2.28. The second kappa shape index (κ2) is 7.95. The molecule has 1 aromatic heterocycles. The number of imidazole rings is 1. The summed E-state index contributed by atoms with van der Waals surface area (Å²) in [7, 11) is 0. The summed E-state index contributed by atoms with van der Waals surface area (Å²) in [5.74, 6) is -0.160. The number of anilines is 1. The molecule has 128 valence electrons. The lowest BCUT2D eigenvalue weighted by molar-refractivity contribution is -0.115. The summed E-state index contributed by atoms with van der Waals surface area (Å²) in [6.07, 6.45) is 1.76. The zero-order chi connectivity index (χ0) is 17.8. The molecule has 0 radical (unpaired) electrons. The molecule has 4 nitrogen and oxygen atoms in total. The Morgan fingerprint density at radius 2 is 1.96 bits per heavy atom. The summed E-state index contributed by atoms with van der Waals surface area (Å²) in [5, 5.41) is 4.07. The summed E-state index contributed by atoms with van der Waals surface area (Å²) >= 11 is 13.3. The molecule has 0 aliphatic heterocycles. The van der Waals surface area contributed by atoms with Gasteiger partial charge in [-0.1, -0.05) is 65.3 Å². The molecular weight excluding hydrogens is 377 g/mol. The van der Waals surface area contributed by atoms with Crippen LogP contribution in [0, 0.1) is 0 Å². The minimum absolute atomic E-state index is 0.160. The molecule has 0 fully saturated rings. The first-order valence-electron chi connectivity index (χ1n) is 7.56. The van der Waals surface area contributed by atoms with Gasteiger partial charge < -0.3 is 10.3 Å². The van der Waals surface area contributed by atoms with Crippen molar-refractivity contribution in [3.05, 3.63) is 64.8 Å². The van der Waals surface area contributed by atoms with Gasteiger partial charge in [0.25, 0.3) is 0 Å². The van der Waals surface area contributed by atoms with E-state index in [1.165, 1.54) is 11.8 Å². The van der Waals surface area contributed by atoms with Gasteiger partial charge in [0.05, 0.1) is 27.9 Å². The fraction of sp³-hybridized carbons (Fsp3) is 0.111. The number of carbonyl (C=O) groups excluding carboxylic acids is 1. The van der Waals surface area contributed by atoms with E-state index in [2.05, 4.69) is 15.3 Å². The van der Waals surface area contributed by atoms with Gasteiger partial charge in [-0.15, -0.1) is 0 Å². The van der Waals surface area contributed by atoms with Gasteiger partial charge in [0.15, 0.2) is 5.16 Å². The Kier molecular flexibility index (Phi) is 5.68. The minimum Gasteiger partial charge on any atom is -0.333 e. The van der Waals surface area contributed by atoms with Crippen LogP contribution in [0.5, 0.6) is 0 Å². The number of halogens is 2. The van der Waals surface area contributed by atoms with Crippen LogP contribution in [0.15, 0.2) is 59.9 Å². The Morgan fingerprint density at radius 1 is 1.20 bits per heavy atom. The van der Waals surface area contributed by atoms with Crippen molar-refractivity contribution in [3.8, 4) is 11.3 Å². The number of hydrogen-bond acceptors (Lipinski definition) is 3. The lowest BCUT2D eigenvalue weighted by Gasteiger charge is -2.12. The molecule has 25 heavy (non-hydrogen) atoms. The van der Waals surface area contributed by atoms with Gasteiger partial charge in [-0.05, 0) is 30.7 Å². The molecule has 0 spiro atoms. The van der Waals surface area contributed by atoms with Crippen LogP contribution < -0.4 is 5.32 Å². The van der Waals surface area contributed by atoms with Crippen LogP contribution >= 0.6 is 35.0 Å². The molecule has 0 aliphatic carbocycles. The van der Waals surface area contributed by atoms with Crippen molar-refractivity contribution in [1.82, 2.24) is 9.97 Å². The van der Waals surface area contributed by atoms with E-state index in [4.69, 9.17) is 23.2 Å². The first kappa shape index (κ1) is 17.9. The van der Waals surface area contributed by atoms with Gasteiger partial charge in [0.1, 0.15) is 0 Å². The average molecular weight is 392 g/mol. The molecule has 0 bridgehead atoms. The van der Waals surface area contributed by atoms with Crippen LogP contribution in [0.25, 0.3) is 11.3 Å². The molecule has 1 amide bonds. The molecule has 2 N–H and O–H groups in total. The third-order valence-electron chi connectivity index (χ3n) is 3.48. The Morgan fingerprint density at radius 3 is 2.68 bits per heavy atom. The van der Waals surface area contributed by atoms with Gasteiger partial charge in [0.2, 0.25) is 5.91 Å². The highest BCUT2D eigenvalue weighted by Gasteiger charge is 2.17. The highest BCUT2D eigenvalue weighted by atomic mass is 35.5. The maximum atomic E-state index is 12.4. The van der Waals surface area contributed by atoms with E-state index in [-0.39, 0.29) is 11.2 Å². The number of aromatic amines is 1. The topological polar surface area (TPSA) is 57.8 Å². The lowest BCUT2D eigenvalue weighted by Crippen LogP contribution is -2.22. The molecule has 1 heterocycles. The van der Waals surface area contributed by atoms with Crippen LogP contribution in [0.1, 0.15) is 6.92 Å². The molecule has 0 saturated heterocycles. The third-order valence-corrected chi connectivity index (χ3v) is 5.03. The predicted molar refractivity (Wildman–Crippen MR) is 104 cm³/mol. The molecule has 0 saturated carbocycles. The van der Waals surface area contributed by atoms with Gasteiger partial charge in [-0.3, -0.25) is 4.79 Å². The van der Waals surface area contributed by atoms with Crippen molar-refractivity contribution < 1.29 is 4.79 Å². The number of aromatic nitrogens is 2. The molecule has 3 aromatic rings. The van der Waals surface area contributed by atoms with E-state index in [0.717, 1.165) is 11.3 Å². The lowest BCUT2D eigenvalue weighted by atomic mass is 10.2. The molecule has 1 atom stereocenters. The van der Waals surface area contributed by atoms with Crippen LogP contribution in [-0.2, 0) is 4.79 Å². The third kappa shape index (κ3) is 4.57. The molecular formula is C18H15Cl2N3OS. The van der Waals surface area contributed by atoms with E-state index in [1.807, 2.05) is 37.3 Å². The molecule has 7 heteroatoms. The predicted octanol–water partition coefficient (Wildman–Crippen LogP) is 5.50. The Hall–Kier alpha value is -1.95. The van der Waals surface area contributed by atoms with Crippen molar-refractivity contribution in [2.24, 2.45) is 0 Å². The molecule has 0 aliphatic rings. The maximum Gasteiger partial charge on any atom is 0.237 e. The van der Waals surface area contributed by atoms with E-state index in [9.17, 15) is 4.79 Å². The quantitative estimate of drug-likeness (QED) is 0.564. The van der Waals surface area contributed by atoms with Crippen LogP contribution in [0.3, 0.4) is 0 Å². The van der Waals surface area contributed by atoms with E-state index >= 15 is 0 Å². The highest BCUT2D eigenvalue weighted by molar-refractivity contribution is 8.00. The summed E-state index contributed by atoms with van der Waals surface area (Å²) in [5.41, 5.74) is 2.50. The van der Waals surface area contributed by atoms with Crippen LogP contribution in [-0.4, -0.2) is 21.1 Å². The summed E-state index contributed by atoms with van der Waals surface area (Å²) in [4.78, 5) is 19.9. The smallest absolute Gasteiger partial charge is 0.237 e. The number of amides is 1. The first-order valence-corrected chi connectivity index (χ1v) is 9.19. The Labute approximate surface area is 160 Å². The van der Waals surface area contributed by atoms with Gasteiger partial charge in [0, 0.05) is 5.02 Å². The molecule has 2 aromatic carbocycles. The number of nitrogens with one attached hydrogen (secondary N) is 2. The van der Waals surface area contributed by atoms with E-state index < -0.39 is 0 Å². The van der Waals surface area contributed by atoms with Gasteiger partial charge in [-0.2, -0.15) is 0 Å². The number of benzene rings is 2. The fourth-order valence-corrected chi connectivity index (χ4v) is 3.41. The van der Waals surface area contributed by atoms with Gasteiger partial charge in [-0.25, -0.2) is 4.98 Å². The van der Waals surface area contributed by atoms with Crippen molar-refractivity contribution in [1.29, 1.82) is 0 Å². The normalized spacial score (nSPS) is 12.0. The molecule has 1 unspecified atom stereocenters. The number of rotatable bonds is 5. The SMILES string of the molecule is CC(Sc1ncc(-c2ccccc2)[nH]1)C(=O)Nc1ccc(Cl)cc1Cl. The fourth-order valence-electron chi connectivity index (χ4n) is 2.17. The van der Waals surface area contributed by atoms with Crippen LogP contribution in [0.4, 0.5) is 5.69 Å². The van der Waals surface area contributed by atoms with Crippen molar-refractivity contribution >= 4 is 46.6 Å². The second-order valence-electron chi connectivity index (χ2n) is 5.34. The van der Waals surface area contributed by atoms with E-state index in [0.29, 0.717) is 20.9 Å². The number of H-pyrrole nitrogens is 1. The standard InChI is InChI=1S/C18H15Cl2N3OS/c1-11(17(24)22-15-8-7-13(19)9-14(15)20)25-18-21-10-16(23-18)12-5-3-2-4-6-12/h2-11H,1H3,(H,21,23)(H,22,24). The zero-order valence-corrected chi connectivity index (χ0v) is 15.6. The number of nitrogens with zero attached hydrogens (tertiary/aromatic N) is 1. The summed E-state index contributed by atoms with van der Waals surface area (Å²) < 4.78 is 0. The average Bonchev–Trinajstić information content (AvgIpc) is 3.06. The Bertz CT molecular complexity index is 883. The monoisotopic (exact) mass is 391 g/mol. The number of carbonyl (C=O) groups is 1. The van der Waals surface area contributed by atoms with Crippen molar-refractivity contribution in [2.45, 2.75) is 17.3 Å². The maximum absolute atomic E-state index is 12.4. The zero-order valence-electron chi connectivity index (χ0n) is 13.3. The number of hydrogen-bond donors (Lipinski definition) is 2. The summed E-state index contributed by atoms with van der Waals surface area (Å²) in [6.45, 7) is 1.81.